The van der Waals surface area contributed by atoms with E-state index in [-0.39, 0.29) is 29.9 Å². The summed E-state index contributed by atoms with van der Waals surface area (Å²) in [6, 6.07) is 15.9. The van der Waals surface area contributed by atoms with Crippen LogP contribution in [0.5, 0.6) is 0 Å². The quantitative estimate of drug-likeness (QED) is 0.653. The number of nitrogens with zero attached hydrogens (tertiary/aromatic N) is 1. The molecule has 0 saturated carbocycles. The summed E-state index contributed by atoms with van der Waals surface area (Å²) in [5, 5.41) is 5.58. The molecule has 3 aromatic rings. The highest BCUT2D eigenvalue weighted by atomic mass is 16.3. The van der Waals surface area contributed by atoms with E-state index in [1.165, 1.54) is 6.26 Å². The van der Waals surface area contributed by atoms with Gasteiger partial charge in [0.2, 0.25) is 11.8 Å². The van der Waals surface area contributed by atoms with Crippen LogP contribution in [-0.4, -0.2) is 24.3 Å². The number of carbonyl (C=O) groups is 3. The van der Waals surface area contributed by atoms with Crippen molar-refractivity contribution in [2.75, 3.05) is 22.1 Å². The van der Waals surface area contributed by atoms with E-state index in [0.29, 0.717) is 17.9 Å². The van der Waals surface area contributed by atoms with E-state index in [9.17, 15) is 14.4 Å². The molecule has 1 atom stereocenters. The topological polar surface area (TPSA) is 91.7 Å². The number of amides is 3. The highest BCUT2D eigenvalue weighted by Crippen LogP contribution is 2.30. The van der Waals surface area contributed by atoms with Crippen molar-refractivity contribution in [3.8, 4) is 0 Å². The van der Waals surface area contributed by atoms with Gasteiger partial charge in [-0.15, -0.1) is 0 Å². The molecule has 31 heavy (non-hydrogen) atoms. The van der Waals surface area contributed by atoms with Gasteiger partial charge < -0.3 is 20.0 Å². The predicted molar refractivity (Wildman–Crippen MR) is 118 cm³/mol. The molecule has 2 N–H and O–H groups in total. The van der Waals surface area contributed by atoms with Gasteiger partial charge in [-0.05, 0) is 67.4 Å². The first-order chi connectivity index (χ1) is 14.9. The average molecular weight is 417 g/mol. The highest BCUT2D eigenvalue weighted by molar-refractivity contribution is 6.04. The summed E-state index contributed by atoms with van der Waals surface area (Å²) in [5.74, 6) is -0.807. The van der Waals surface area contributed by atoms with Gasteiger partial charge in [0.05, 0.1) is 12.2 Å². The van der Waals surface area contributed by atoms with Gasteiger partial charge in [-0.2, -0.15) is 0 Å². The number of hydrogen-bond acceptors (Lipinski definition) is 4. The Morgan fingerprint density at radius 1 is 0.968 bits per heavy atom. The molecule has 1 fully saturated rings. The van der Waals surface area contributed by atoms with Crippen LogP contribution in [0.3, 0.4) is 0 Å². The third-order valence-electron chi connectivity index (χ3n) is 5.52. The molecule has 0 bridgehead atoms. The van der Waals surface area contributed by atoms with Crippen molar-refractivity contribution in [1.29, 1.82) is 0 Å². The fraction of sp³-hybridized carbons (Fsp3) is 0.208. The van der Waals surface area contributed by atoms with Crippen molar-refractivity contribution in [1.82, 2.24) is 0 Å². The number of nitrogens with one attached hydrogen (secondary N) is 2. The Bertz CT molecular complexity index is 1120. The zero-order valence-corrected chi connectivity index (χ0v) is 17.3. The number of furan rings is 1. The maximum Gasteiger partial charge on any atom is 0.291 e. The Morgan fingerprint density at radius 3 is 2.35 bits per heavy atom. The molecule has 4 rings (SSSR count). The van der Waals surface area contributed by atoms with E-state index in [4.69, 9.17) is 4.42 Å². The van der Waals surface area contributed by atoms with E-state index in [0.717, 1.165) is 16.8 Å². The lowest BCUT2D eigenvalue weighted by Gasteiger charge is -2.20. The Hall–Kier alpha value is -3.87. The monoisotopic (exact) mass is 417 g/mol. The van der Waals surface area contributed by atoms with Gasteiger partial charge in [-0.1, -0.05) is 12.1 Å². The van der Waals surface area contributed by atoms with Crippen molar-refractivity contribution in [2.45, 2.75) is 20.3 Å². The molecule has 2 aromatic carbocycles. The van der Waals surface area contributed by atoms with Crippen molar-refractivity contribution in [3.63, 3.8) is 0 Å². The van der Waals surface area contributed by atoms with E-state index in [1.807, 2.05) is 32.0 Å². The van der Waals surface area contributed by atoms with Crippen molar-refractivity contribution < 1.29 is 18.8 Å². The maximum absolute atomic E-state index is 12.7. The van der Waals surface area contributed by atoms with Gasteiger partial charge in [0.1, 0.15) is 0 Å². The van der Waals surface area contributed by atoms with Crippen LogP contribution in [0.25, 0.3) is 0 Å². The summed E-state index contributed by atoms with van der Waals surface area (Å²) in [5.41, 5.74) is 4.19. The van der Waals surface area contributed by atoms with Gasteiger partial charge in [0.15, 0.2) is 5.76 Å². The van der Waals surface area contributed by atoms with Gasteiger partial charge in [0, 0.05) is 30.0 Å². The smallest absolute Gasteiger partial charge is 0.291 e. The molecule has 7 nitrogen and oxygen atoms in total. The van der Waals surface area contributed by atoms with E-state index in [2.05, 4.69) is 10.6 Å². The third-order valence-corrected chi connectivity index (χ3v) is 5.52. The summed E-state index contributed by atoms with van der Waals surface area (Å²) in [7, 11) is 0. The lowest BCUT2D eigenvalue weighted by molar-refractivity contribution is -0.122. The molecule has 158 valence electrons. The lowest BCUT2D eigenvalue weighted by atomic mass is 10.1. The molecule has 0 spiro atoms. The summed E-state index contributed by atoms with van der Waals surface area (Å²) in [6.07, 6.45) is 1.61. The molecule has 1 aliphatic heterocycles. The largest absolute Gasteiger partial charge is 0.459 e. The fourth-order valence-electron chi connectivity index (χ4n) is 3.63. The first kappa shape index (κ1) is 20.4. The average Bonchev–Trinajstić information content (AvgIpc) is 3.42. The molecule has 1 aromatic heterocycles. The van der Waals surface area contributed by atoms with Crippen LogP contribution in [0.4, 0.5) is 17.1 Å². The van der Waals surface area contributed by atoms with Crippen molar-refractivity contribution >= 4 is 34.8 Å². The van der Waals surface area contributed by atoms with E-state index < -0.39 is 5.92 Å². The zero-order chi connectivity index (χ0) is 22.0. The number of carbonyl (C=O) groups excluding carboxylic acids is 3. The number of hydrogen-bond donors (Lipinski definition) is 2. The molecule has 7 heteroatoms. The summed E-state index contributed by atoms with van der Waals surface area (Å²) >= 11 is 0. The predicted octanol–water partition coefficient (Wildman–Crippen LogP) is 4.14. The van der Waals surface area contributed by atoms with Gasteiger partial charge in [0.25, 0.3) is 5.91 Å². The molecule has 1 saturated heterocycles. The number of aryl methyl sites for hydroxylation is 1. The molecule has 0 aliphatic carbocycles. The molecule has 1 aliphatic rings. The SMILES string of the molecule is Cc1cccc(N2C[C@H](C(=O)Nc3ccc(NC(=O)c4ccco4)cc3)CC2=O)c1C. The normalized spacial score (nSPS) is 15.7. The lowest BCUT2D eigenvalue weighted by Crippen LogP contribution is -2.28. The first-order valence-corrected chi connectivity index (χ1v) is 10.0. The van der Waals surface area contributed by atoms with Crippen LogP contribution < -0.4 is 15.5 Å². The van der Waals surface area contributed by atoms with Crippen LogP contribution in [0, 0.1) is 19.8 Å². The molecule has 0 unspecified atom stereocenters. The first-order valence-electron chi connectivity index (χ1n) is 10.0. The second-order valence-corrected chi connectivity index (χ2v) is 7.62. The van der Waals surface area contributed by atoms with Gasteiger partial charge >= 0.3 is 0 Å². The van der Waals surface area contributed by atoms with Gasteiger partial charge in [-0.3, -0.25) is 14.4 Å². The summed E-state index contributed by atoms with van der Waals surface area (Å²) < 4.78 is 5.06. The standard InChI is InChI=1S/C24H23N3O4/c1-15-5-3-6-20(16(15)2)27-14-17(13-22(27)28)23(29)25-18-8-10-19(11-9-18)26-24(30)21-7-4-12-31-21/h3-12,17H,13-14H2,1-2H3,(H,25,29)(H,26,30)/t17-/m1/s1. The van der Waals surface area contributed by atoms with E-state index in [1.54, 1.807) is 41.3 Å². The zero-order valence-electron chi connectivity index (χ0n) is 17.3. The molecular weight excluding hydrogens is 394 g/mol. The minimum Gasteiger partial charge on any atom is -0.459 e. The highest BCUT2D eigenvalue weighted by Gasteiger charge is 2.35. The minimum absolute atomic E-state index is 0.0511. The van der Waals surface area contributed by atoms with Crippen LogP contribution in [0.2, 0.25) is 0 Å². The number of anilines is 3. The second kappa shape index (κ2) is 8.47. The number of benzene rings is 2. The van der Waals surface area contributed by atoms with Gasteiger partial charge in [-0.25, -0.2) is 0 Å². The fourth-order valence-corrected chi connectivity index (χ4v) is 3.63. The van der Waals surface area contributed by atoms with Crippen molar-refractivity contribution in [3.05, 3.63) is 77.7 Å². The summed E-state index contributed by atoms with van der Waals surface area (Å²) in [4.78, 5) is 39.0. The van der Waals surface area contributed by atoms with Crippen LogP contribution in [0.15, 0.2) is 65.3 Å². The van der Waals surface area contributed by atoms with Crippen LogP contribution >= 0.6 is 0 Å². The minimum atomic E-state index is -0.425. The summed E-state index contributed by atoms with van der Waals surface area (Å²) in [6.45, 7) is 4.34. The number of rotatable bonds is 5. The Kier molecular flexibility index (Phi) is 5.58. The van der Waals surface area contributed by atoms with Crippen molar-refractivity contribution in [2.24, 2.45) is 5.92 Å². The molecule has 3 amide bonds. The van der Waals surface area contributed by atoms with Crippen LogP contribution in [-0.2, 0) is 9.59 Å². The Balaban J connectivity index is 1.38. The molecule has 0 radical (unpaired) electrons. The third kappa shape index (κ3) is 4.35. The maximum atomic E-state index is 12.7. The Labute approximate surface area is 180 Å². The second-order valence-electron chi connectivity index (χ2n) is 7.62. The van der Waals surface area contributed by atoms with E-state index >= 15 is 0 Å². The molecule has 2 heterocycles. The van der Waals surface area contributed by atoms with Crippen LogP contribution in [0.1, 0.15) is 28.1 Å². The Morgan fingerprint density at radius 2 is 1.68 bits per heavy atom. The molecular formula is C24H23N3O4.